The highest BCUT2D eigenvalue weighted by Crippen LogP contribution is 2.30. The van der Waals surface area contributed by atoms with Crippen LogP contribution in [0.5, 0.6) is 5.75 Å². The molecule has 1 atom stereocenters. The van der Waals surface area contributed by atoms with Crippen LogP contribution in [-0.4, -0.2) is 62.3 Å². The first-order valence-corrected chi connectivity index (χ1v) is 10.8. The third-order valence-corrected chi connectivity index (χ3v) is 6.21. The Morgan fingerprint density at radius 1 is 1.10 bits per heavy atom. The number of aliphatic hydroxyl groups excluding tert-OH is 1. The molecule has 0 spiro atoms. The van der Waals surface area contributed by atoms with Gasteiger partial charge < -0.3 is 19.6 Å². The molecule has 4 rings (SSSR count). The molecule has 0 radical (unpaired) electrons. The SMILES string of the molecule is COc1cccc(N2CCN(CC(O)c3ccc4c(c3)CCCN4C(C)=O)CC2)c1. The number of aliphatic hydroxyl groups is 1. The average molecular weight is 410 g/mol. The average Bonchev–Trinajstić information content (AvgIpc) is 2.78. The molecule has 0 bridgehead atoms. The second kappa shape index (κ2) is 9.06. The van der Waals surface area contributed by atoms with Gasteiger partial charge in [-0.25, -0.2) is 0 Å². The number of aryl methyl sites for hydroxylation is 1. The molecular weight excluding hydrogens is 378 g/mol. The number of carbonyl (C=O) groups excluding carboxylic acids is 1. The largest absolute Gasteiger partial charge is 0.497 e. The summed E-state index contributed by atoms with van der Waals surface area (Å²) in [6.07, 6.45) is 1.41. The zero-order valence-corrected chi connectivity index (χ0v) is 17.9. The van der Waals surface area contributed by atoms with Crippen LogP contribution < -0.4 is 14.5 Å². The van der Waals surface area contributed by atoms with E-state index in [0.717, 1.165) is 68.1 Å². The number of rotatable bonds is 5. The van der Waals surface area contributed by atoms with Crippen LogP contribution in [0.4, 0.5) is 11.4 Å². The Balaban J connectivity index is 1.36. The Morgan fingerprint density at radius 2 is 1.90 bits per heavy atom. The predicted molar refractivity (Wildman–Crippen MR) is 119 cm³/mol. The minimum Gasteiger partial charge on any atom is -0.497 e. The minimum absolute atomic E-state index is 0.0816. The Hall–Kier alpha value is -2.57. The summed E-state index contributed by atoms with van der Waals surface area (Å²) in [7, 11) is 1.69. The van der Waals surface area contributed by atoms with Crippen molar-refractivity contribution < 1.29 is 14.6 Å². The van der Waals surface area contributed by atoms with Gasteiger partial charge in [-0.15, -0.1) is 0 Å². The highest BCUT2D eigenvalue weighted by molar-refractivity contribution is 5.92. The number of anilines is 2. The van der Waals surface area contributed by atoms with E-state index in [1.807, 2.05) is 29.2 Å². The molecule has 2 aromatic rings. The minimum atomic E-state index is -0.522. The van der Waals surface area contributed by atoms with E-state index >= 15 is 0 Å². The van der Waals surface area contributed by atoms with E-state index in [1.165, 1.54) is 5.69 Å². The van der Waals surface area contributed by atoms with Crippen molar-refractivity contribution >= 4 is 17.3 Å². The molecule has 30 heavy (non-hydrogen) atoms. The number of fused-ring (bicyclic) bond motifs is 1. The maximum Gasteiger partial charge on any atom is 0.223 e. The Bertz CT molecular complexity index is 893. The first-order chi connectivity index (χ1) is 14.5. The second-order valence-corrected chi connectivity index (χ2v) is 8.17. The van der Waals surface area contributed by atoms with Crippen molar-refractivity contribution in [2.75, 3.05) is 56.2 Å². The molecule has 1 saturated heterocycles. The van der Waals surface area contributed by atoms with Gasteiger partial charge >= 0.3 is 0 Å². The summed E-state index contributed by atoms with van der Waals surface area (Å²) in [6.45, 7) is 6.70. The molecule has 2 aromatic carbocycles. The summed E-state index contributed by atoms with van der Waals surface area (Å²) in [4.78, 5) is 18.4. The van der Waals surface area contributed by atoms with Crippen molar-refractivity contribution in [3.63, 3.8) is 0 Å². The fourth-order valence-corrected chi connectivity index (χ4v) is 4.50. The van der Waals surface area contributed by atoms with Crippen molar-refractivity contribution in [3.8, 4) is 5.75 Å². The number of nitrogens with zero attached hydrogens (tertiary/aromatic N) is 3. The summed E-state index contributed by atoms with van der Waals surface area (Å²) in [5.74, 6) is 0.958. The van der Waals surface area contributed by atoms with Crippen LogP contribution in [0.25, 0.3) is 0 Å². The van der Waals surface area contributed by atoms with Gasteiger partial charge in [0.2, 0.25) is 5.91 Å². The van der Waals surface area contributed by atoms with E-state index < -0.39 is 6.10 Å². The lowest BCUT2D eigenvalue weighted by atomic mass is 9.97. The molecule has 6 nitrogen and oxygen atoms in total. The zero-order chi connectivity index (χ0) is 21.1. The van der Waals surface area contributed by atoms with E-state index in [0.29, 0.717) is 6.54 Å². The topological polar surface area (TPSA) is 56.2 Å². The number of methoxy groups -OCH3 is 1. The van der Waals surface area contributed by atoms with Crippen molar-refractivity contribution in [2.45, 2.75) is 25.9 Å². The summed E-state index contributed by atoms with van der Waals surface area (Å²) < 4.78 is 5.34. The van der Waals surface area contributed by atoms with E-state index in [1.54, 1.807) is 14.0 Å². The van der Waals surface area contributed by atoms with Gasteiger partial charge in [-0.2, -0.15) is 0 Å². The Labute approximate surface area is 178 Å². The lowest BCUT2D eigenvalue weighted by Crippen LogP contribution is -2.47. The van der Waals surface area contributed by atoms with Crippen molar-refractivity contribution in [2.24, 2.45) is 0 Å². The second-order valence-electron chi connectivity index (χ2n) is 8.17. The van der Waals surface area contributed by atoms with Gasteiger partial charge in [-0.1, -0.05) is 18.2 Å². The molecule has 6 heteroatoms. The van der Waals surface area contributed by atoms with Gasteiger partial charge in [0, 0.05) is 63.6 Å². The number of hydrogen-bond acceptors (Lipinski definition) is 5. The molecule has 160 valence electrons. The van der Waals surface area contributed by atoms with Gasteiger partial charge in [-0.05, 0) is 42.2 Å². The molecule has 2 aliphatic heterocycles. The molecule has 0 saturated carbocycles. The Morgan fingerprint density at radius 3 is 2.63 bits per heavy atom. The predicted octanol–water partition coefficient (Wildman–Crippen LogP) is 2.85. The zero-order valence-electron chi connectivity index (χ0n) is 17.9. The van der Waals surface area contributed by atoms with Crippen LogP contribution >= 0.6 is 0 Å². The van der Waals surface area contributed by atoms with E-state index in [2.05, 4.69) is 28.0 Å². The fraction of sp³-hybridized carbons (Fsp3) is 0.458. The monoisotopic (exact) mass is 409 g/mol. The van der Waals surface area contributed by atoms with Gasteiger partial charge in [0.05, 0.1) is 13.2 Å². The molecule has 2 heterocycles. The summed E-state index contributed by atoms with van der Waals surface area (Å²) in [5.41, 5.74) is 4.28. The summed E-state index contributed by atoms with van der Waals surface area (Å²) >= 11 is 0. The van der Waals surface area contributed by atoms with Gasteiger partial charge in [0.1, 0.15) is 5.75 Å². The molecular formula is C24H31N3O3. The number of benzene rings is 2. The third kappa shape index (κ3) is 4.45. The van der Waals surface area contributed by atoms with E-state index in [-0.39, 0.29) is 5.91 Å². The standard InChI is InChI=1S/C24H31N3O3/c1-18(28)27-10-4-5-19-15-20(8-9-23(19)27)24(29)17-25-11-13-26(14-12-25)21-6-3-7-22(16-21)30-2/h3,6-9,15-16,24,29H,4-5,10-14,17H2,1-2H3. The number of β-amino-alcohol motifs (C(OH)–C–C–N with tert-alkyl or cyclic N) is 1. The van der Waals surface area contributed by atoms with Gasteiger partial charge in [0.15, 0.2) is 0 Å². The molecule has 0 aliphatic carbocycles. The smallest absolute Gasteiger partial charge is 0.223 e. The van der Waals surface area contributed by atoms with Crippen LogP contribution in [0.1, 0.15) is 30.6 Å². The molecule has 1 N–H and O–H groups in total. The number of amides is 1. The van der Waals surface area contributed by atoms with Crippen LogP contribution in [0.2, 0.25) is 0 Å². The number of hydrogen-bond donors (Lipinski definition) is 1. The maximum atomic E-state index is 11.9. The fourth-order valence-electron chi connectivity index (χ4n) is 4.50. The summed E-state index contributed by atoms with van der Waals surface area (Å²) in [6, 6.07) is 14.2. The normalized spacial score (nSPS) is 18.1. The Kier molecular flexibility index (Phi) is 6.25. The number of piperazine rings is 1. The van der Waals surface area contributed by atoms with Crippen LogP contribution in [0, 0.1) is 0 Å². The highest BCUT2D eigenvalue weighted by atomic mass is 16.5. The molecule has 1 fully saturated rings. The van der Waals surface area contributed by atoms with E-state index in [4.69, 9.17) is 4.74 Å². The van der Waals surface area contributed by atoms with Crippen LogP contribution in [0.3, 0.4) is 0 Å². The lowest BCUT2D eigenvalue weighted by Gasteiger charge is -2.37. The summed E-state index contributed by atoms with van der Waals surface area (Å²) in [5, 5.41) is 10.8. The number of ether oxygens (including phenoxy) is 1. The van der Waals surface area contributed by atoms with Crippen LogP contribution in [0.15, 0.2) is 42.5 Å². The van der Waals surface area contributed by atoms with Crippen molar-refractivity contribution in [3.05, 3.63) is 53.6 Å². The first kappa shape index (κ1) is 20.7. The van der Waals surface area contributed by atoms with E-state index in [9.17, 15) is 9.90 Å². The lowest BCUT2D eigenvalue weighted by molar-refractivity contribution is -0.116. The quantitative estimate of drug-likeness (QED) is 0.823. The molecule has 0 aromatic heterocycles. The third-order valence-electron chi connectivity index (χ3n) is 6.21. The van der Waals surface area contributed by atoms with Gasteiger partial charge in [-0.3, -0.25) is 9.69 Å². The highest BCUT2D eigenvalue weighted by Gasteiger charge is 2.23. The van der Waals surface area contributed by atoms with Gasteiger partial charge in [0.25, 0.3) is 0 Å². The molecule has 2 aliphatic rings. The van der Waals surface area contributed by atoms with Crippen LogP contribution in [-0.2, 0) is 11.2 Å². The first-order valence-electron chi connectivity index (χ1n) is 10.8. The molecule has 1 amide bonds. The molecule has 1 unspecified atom stereocenters. The van der Waals surface area contributed by atoms with Crippen molar-refractivity contribution in [1.82, 2.24) is 4.90 Å². The maximum absolute atomic E-state index is 11.9. The van der Waals surface area contributed by atoms with Crippen molar-refractivity contribution in [1.29, 1.82) is 0 Å². The number of carbonyl (C=O) groups is 1.